The first-order chi connectivity index (χ1) is 6.66. The van der Waals surface area contributed by atoms with E-state index in [1.54, 1.807) is 4.52 Å². The molecule has 0 atom stereocenters. The van der Waals surface area contributed by atoms with Crippen molar-refractivity contribution >= 4 is 21.4 Å². The van der Waals surface area contributed by atoms with Crippen molar-refractivity contribution < 1.29 is 0 Å². The van der Waals surface area contributed by atoms with E-state index in [-0.39, 0.29) is 0 Å². The van der Waals surface area contributed by atoms with Crippen molar-refractivity contribution in [2.75, 3.05) is 26.4 Å². The minimum Gasteiger partial charge on any atom is -0.374 e. The van der Waals surface area contributed by atoms with E-state index >= 15 is 0 Å². The quantitative estimate of drug-likeness (QED) is 0.767. The Morgan fingerprint density at radius 2 is 2.21 bits per heavy atom. The van der Waals surface area contributed by atoms with Gasteiger partial charge in [-0.3, -0.25) is 0 Å². The second-order valence-electron chi connectivity index (χ2n) is 3.30. The number of rotatable bonds is 3. The van der Waals surface area contributed by atoms with E-state index in [1.165, 1.54) is 11.3 Å². The first kappa shape index (κ1) is 9.35. The van der Waals surface area contributed by atoms with Gasteiger partial charge >= 0.3 is 0 Å². The molecule has 0 aliphatic rings. The molecule has 0 saturated carbocycles. The summed E-state index contributed by atoms with van der Waals surface area (Å²) in [7, 11) is 4.04. The molecule has 76 valence electrons. The SMILES string of the molecule is CN(C)CCc1nnc2sc(N)nn12. The van der Waals surface area contributed by atoms with Crippen LogP contribution in [0.2, 0.25) is 0 Å². The van der Waals surface area contributed by atoms with Gasteiger partial charge in [-0.2, -0.15) is 4.52 Å². The smallest absolute Gasteiger partial charge is 0.236 e. The van der Waals surface area contributed by atoms with Crippen LogP contribution in [0.4, 0.5) is 5.13 Å². The summed E-state index contributed by atoms with van der Waals surface area (Å²) in [5.74, 6) is 0.863. The zero-order valence-corrected chi connectivity index (χ0v) is 8.95. The van der Waals surface area contributed by atoms with Crippen LogP contribution >= 0.6 is 11.3 Å². The molecule has 2 aromatic heterocycles. The van der Waals surface area contributed by atoms with Gasteiger partial charge in [-0.25, -0.2) is 0 Å². The fourth-order valence-electron chi connectivity index (χ4n) is 1.15. The van der Waals surface area contributed by atoms with Gasteiger partial charge in [0, 0.05) is 13.0 Å². The molecular weight excluding hydrogens is 200 g/mol. The molecule has 0 fully saturated rings. The molecule has 0 bridgehead atoms. The molecular formula is C7H12N6S. The third kappa shape index (κ3) is 1.68. The lowest BCUT2D eigenvalue weighted by Gasteiger charge is -2.06. The van der Waals surface area contributed by atoms with Crippen molar-refractivity contribution in [2.24, 2.45) is 0 Å². The number of aromatic nitrogens is 4. The van der Waals surface area contributed by atoms with Crippen LogP contribution in [-0.2, 0) is 6.42 Å². The van der Waals surface area contributed by atoms with Gasteiger partial charge in [0.1, 0.15) is 0 Å². The van der Waals surface area contributed by atoms with Crippen LogP contribution in [-0.4, -0.2) is 45.4 Å². The van der Waals surface area contributed by atoms with Gasteiger partial charge < -0.3 is 10.6 Å². The second-order valence-corrected chi connectivity index (χ2v) is 4.29. The summed E-state index contributed by atoms with van der Waals surface area (Å²) in [4.78, 5) is 2.85. The highest BCUT2D eigenvalue weighted by molar-refractivity contribution is 7.20. The summed E-state index contributed by atoms with van der Waals surface area (Å²) in [6, 6.07) is 0. The van der Waals surface area contributed by atoms with E-state index < -0.39 is 0 Å². The molecule has 0 unspecified atom stereocenters. The van der Waals surface area contributed by atoms with Crippen LogP contribution in [0, 0.1) is 0 Å². The Hall–Kier alpha value is -1.21. The lowest BCUT2D eigenvalue weighted by molar-refractivity contribution is 0.408. The highest BCUT2D eigenvalue weighted by Crippen LogP contribution is 2.15. The predicted octanol–water partition coefficient (Wildman–Crippen LogP) is -0.128. The summed E-state index contributed by atoms with van der Waals surface area (Å²) in [5.41, 5.74) is 5.57. The standard InChI is InChI=1S/C7H12N6S/c1-12(2)4-3-5-9-10-7-13(5)11-6(8)14-7/h3-4H2,1-2H3,(H2,8,11). The molecule has 0 aliphatic heterocycles. The summed E-state index contributed by atoms with van der Waals surface area (Å²) >= 11 is 1.35. The van der Waals surface area contributed by atoms with Crippen LogP contribution in [0.1, 0.15) is 5.82 Å². The van der Waals surface area contributed by atoms with E-state index in [9.17, 15) is 0 Å². The molecule has 0 spiro atoms. The number of hydrogen-bond donors (Lipinski definition) is 1. The van der Waals surface area contributed by atoms with Crippen molar-refractivity contribution in [3.05, 3.63) is 5.82 Å². The molecule has 2 aromatic rings. The number of nitrogens with zero attached hydrogens (tertiary/aromatic N) is 5. The number of nitrogens with two attached hydrogens (primary N) is 1. The Morgan fingerprint density at radius 1 is 1.43 bits per heavy atom. The van der Waals surface area contributed by atoms with E-state index in [0.29, 0.717) is 5.13 Å². The molecule has 6 nitrogen and oxygen atoms in total. The Bertz CT molecular complexity index is 430. The lowest BCUT2D eigenvalue weighted by Crippen LogP contribution is -2.16. The number of anilines is 1. The van der Waals surface area contributed by atoms with Crippen LogP contribution in [0.5, 0.6) is 0 Å². The van der Waals surface area contributed by atoms with Gasteiger partial charge in [0.25, 0.3) is 0 Å². The van der Waals surface area contributed by atoms with E-state index in [4.69, 9.17) is 5.73 Å². The van der Waals surface area contributed by atoms with Crippen LogP contribution in [0.15, 0.2) is 0 Å². The average molecular weight is 212 g/mol. The third-order valence-electron chi connectivity index (χ3n) is 1.85. The number of hydrogen-bond acceptors (Lipinski definition) is 6. The molecule has 2 N–H and O–H groups in total. The summed E-state index contributed by atoms with van der Waals surface area (Å²) in [6.07, 6.45) is 0.831. The van der Waals surface area contributed by atoms with Crippen molar-refractivity contribution in [3.8, 4) is 0 Å². The Balaban J connectivity index is 2.24. The third-order valence-corrected chi connectivity index (χ3v) is 2.58. The fraction of sp³-hybridized carbons (Fsp3) is 0.571. The largest absolute Gasteiger partial charge is 0.374 e. The molecule has 2 rings (SSSR count). The van der Waals surface area contributed by atoms with Crippen LogP contribution < -0.4 is 5.73 Å². The zero-order valence-electron chi connectivity index (χ0n) is 8.14. The molecule has 0 amide bonds. The zero-order chi connectivity index (χ0) is 10.1. The number of likely N-dealkylation sites (N-methyl/N-ethyl adjacent to an activating group) is 1. The number of fused-ring (bicyclic) bond motifs is 1. The second kappa shape index (κ2) is 3.50. The monoisotopic (exact) mass is 212 g/mol. The molecule has 7 heteroatoms. The van der Waals surface area contributed by atoms with Crippen molar-refractivity contribution in [3.63, 3.8) is 0 Å². The molecule has 0 aromatic carbocycles. The summed E-state index contributed by atoms with van der Waals surface area (Å²) in [6.45, 7) is 0.929. The Kier molecular flexibility index (Phi) is 2.34. The topological polar surface area (TPSA) is 72.3 Å². The lowest BCUT2D eigenvalue weighted by atomic mass is 10.4. The Morgan fingerprint density at radius 3 is 2.93 bits per heavy atom. The minimum atomic E-state index is 0.529. The van der Waals surface area contributed by atoms with Gasteiger partial charge in [-0.05, 0) is 14.1 Å². The van der Waals surface area contributed by atoms with Crippen LogP contribution in [0.25, 0.3) is 4.96 Å². The maximum absolute atomic E-state index is 5.57. The summed E-state index contributed by atoms with van der Waals surface area (Å²) in [5, 5.41) is 12.7. The maximum Gasteiger partial charge on any atom is 0.236 e. The minimum absolute atomic E-state index is 0.529. The van der Waals surface area contributed by atoms with Crippen molar-refractivity contribution in [2.45, 2.75) is 6.42 Å². The van der Waals surface area contributed by atoms with Gasteiger partial charge in [0.15, 0.2) is 5.82 Å². The highest BCUT2D eigenvalue weighted by Gasteiger charge is 2.09. The van der Waals surface area contributed by atoms with Gasteiger partial charge in [0.2, 0.25) is 10.1 Å². The van der Waals surface area contributed by atoms with E-state index in [0.717, 1.165) is 23.8 Å². The summed E-state index contributed by atoms with van der Waals surface area (Å²) < 4.78 is 1.71. The first-order valence-corrected chi connectivity index (χ1v) is 5.10. The first-order valence-electron chi connectivity index (χ1n) is 4.28. The Labute approximate surface area is 85.3 Å². The molecule has 0 saturated heterocycles. The molecule has 0 radical (unpaired) electrons. The van der Waals surface area contributed by atoms with Gasteiger partial charge in [0.05, 0.1) is 0 Å². The van der Waals surface area contributed by atoms with Crippen molar-refractivity contribution in [1.82, 2.24) is 24.7 Å². The van der Waals surface area contributed by atoms with Gasteiger partial charge in [-0.1, -0.05) is 11.3 Å². The fourth-order valence-corrected chi connectivity index (χ4v) is 1.78. The van der Waals surface area contributed by atoms with E-state index in [2.05, 4.69) is 20.2 Å². The number of nitrogen functional groups attached to an aromatic ring is 1. The predicted molar refractivity (Wildman–Crippen MR) is 55.3 cm³/mol. The highest BCUT2D eigenvalue weighted by atomic mass is 32.1. The average Bonchev–Trinajstić information content (AvgIpc) is 2.60. The maximum atomic E-state index is 5.57. The molecule has 2 heterocycles. The van der Waals surface area contributed by atoms with Crippen LogP contribution in [0.3, 0.4) is 0 Å². The molecule has 0 aliphatic carbocycles. The molecule has 14 heavy (non-hydrogen) atoms. The normalized spacial score (nSPS) is 11.6. The van der Waals surface area contributed by atoms with Crippen molar-refractivity contribution in [1.29, 1.82) is 0 Å². The van der Waals surface area contributed by atoms with Gasteiger partial charge in [-0.15, -0.1) is 15.3 Å². The van der Waals surface area contributed by atoms with E-state index in [1.807, 2.05) is 14.1 Å².